The molecule has 0 saturated carbocycles. The van der Waals surface area contributed by atoms with E-state index in [1.54, 1.807) is 32.2 Å². The zero-order chi connectivity index (χ0) is 16.3. The quantitative estimate of drug-likeness (QED) is 0.677. The number of nitrogens with one attached hydrogen (secondary N) is 1. The summed E-state index contributed by atoms with van der Waals surface area (Å²) < 4.78 is 0. The molecule has 0 saturated heterocycles. The Balaban J connectivity index is 2.19. The molecule has 0 aliphatic heterocycles. The molecular formula is C16H15N3O2S. The molecule has 0 fully saturated rings. The van der Waals surface area contributed by atoms with Gasteiger partial charge in [-0.2, -0.15) is 5.26 Å². The zero-order valence-electron chi connectivity index (χ0n) is 12.6. The maximum absolute atomic E-state index is 12.4. The smallest absolute Gasteiger partial charge is 0.189 e. The van der Waals surface area contributed by atoms with Crippen LogP contribution < -0.4 is 0 Å². The van der Waals surface area contributed by atoms with Crippen LogP contribution in [0.4, 0.5) is 0 Å². The van der Waals surface area contributed by atoms with Crippen molar-refractivity contribution in [3.8, 4) is 6.07 Å². The number of pyridine rings is 1. The average molecular weight is 313 g/mol. The number of aromatic amines is 1. The number of aromatic nitrogens is 2. The van der Waals surface area contributed by atoms with Crippen molar-refractivity contribution in [1.82, 2.24) is 9.97 Å². The lowest BCUT2D eigenvalue weighted by molar-refractivity contribution is 0.101. The Morgan fingerprint density at radius 3 is 2.73 bits per heavy atom. The molecular weight excluding hydrogens is 298 g/mol. The number of hydrogen-bond donors (Lipinski definition) is 1. The van der Waals surface area contributed by atoms with Crippen molar-refractivity contribution in [3.63, 3.8) is 0 Å². The van der Waals surface area contributed by atoms with Gasteiger partial charge in [-0.15, -0.1) is 0 Å². The Bertz CT molecular complexity index is 787. The predicted octanol–water partition coefficient (Wildman–Crippen LogP) is 3.08. The third-order valence-electron chi connectivity index (χ3n) is 3.30. The molecule has 2 rings (SSSR count). The molecule has 0 bridgehead atoms. The minimum Gasteiger partial charge on any atom is -0.355 e. The van der Waals surface area contributed by atoms with Crippen LogP contribution in [-0.2, 0) is 0 Å². The number of nitriles is 1. The lowest BCUT2D eigenvalue weighted by Gasteiger charge is -2.02. The van der Waals surface area contributed by atoms with Crippen molar-refractivity contribution in [2.24, 2.45) is 0 Å². The summed E-state index contributed by atoms with van der Waals surface area (Å²) in [5, 5.41) is 9.55. The fraction of sp³-hybridized carbons (Fsp3) is 0.250. The van der Waals surface area contributed by atoms with Crippen molar-refractivity contribution in [3.05, 3.63) is 46.4 Å². The average Bonchev–Trinajstić information content (AvgIpc) is 2.80. The van der Waals surface area contributed by atoms with Crippen LogP contribution in [-0.4, -0.2) is 27.3 Å². The highest BCUT2D eigenvalue weighted by molar-refractivity contribution is 8.00. The first kappa shape index (κ1) is 16.0. The molecule has 0 aliphatic carbocycles. The summed E-state index contributed by atoms with van der Waals surface area (Å²) in [6.45, 7) is 5.03. The number of nitrogens with zero attached hydrogens (tertiary/aromatic N) is 2. The molecule has 112 valence electrons. The number of Topliss-reactive ketones (excluding diaryl/α,β-unsaturated/α-hetero) is 2. The van der Waals surface area contributed by atoms with Crippen LogP contribution in [0.15, 0.2) is 23.4 Å². The van der Waals surface area contributed by atoms with E-state index in [-0.39, 0.29) is 17.3 Å². The van der Waals surface area contributed by atoms with Gasteiger partial charge in [0, 0.05) is 17.5 Å². The maximum Gasteiger partial charge on any atom is 0.189 e. The van der Waals surface area contributed by atoms with Gasteiger partial charge in [0.1, 0.15) is 11.1 Å². The summed E-state index contributed by atoms with van der Waals surface area (Å²) >= 11 is 1.22. The van der Waals surface area contributed by atoms with Crippen LogP contribution in [0.25, 0.3) is 0 Å². The van der Waals surface area contributed by atoms with Crippen molar-refractivity contribution in [2.45, 2.75) is 25.8 Å². The van der Waals surface area contributed by atoms with Gasteiger partial charge in [-0.25, -0.2) is 4.98 Å². The predicted molar refractivity (Wildman–Crippen MR) is 84.3 cm³/mol. The lowest BCUT2D eigenvalue weighted by atomic mass is 10.1. The van der Waals surface area contributed by atoms with Crippen LogP contribution in [0.1, 0.15) is 44.6 Å². The van der Waals surface area contributed by atoms with E-state index in [9.17, 15) is 9.59 Å². The standard InChI is InChI=1S/C16H15N3O2S/c1-9-14(11(3)20)10(2)19-15(9)13(21)8-22-16-12(7-17)5-4-6-18-16/h4-6,19H,8H2,1-3H3. The van der Waals surface area contributed by atoms with E-state index in [1.807, 2.05) is 0 Å². The summed E-state index contributed by atoms with van der Waals surface area (Å²) in [6.07, 6.45) is 1.59. The van der Waals surface area contributed by atoms with E-state index < -0.39 is 0 Å². The van der Waals surface area contributed by atoms with Crippen LogP contribution in [0, 0.1) is 25.2 Å². The van der Waals surface area contributed by atoms with E-state index in [2.05, 4.69) is 16.0 Å². The molecule has 22 heavy (non-hydrogen) atoms. The minimum absolute atomic E-state index is 0.0607. The number of ketones is 2. The number of carbonyl (C=O) groups excluding carboxylic acids is 2. The molecule has 2 aromatic heterocycles. The van der Waals surface area contributed by atoms with Crippen molar-refractivity contribution < 1.29 is 9.59 Å². The van der Waals surface area contributed by atoms with Gasteiger partial charge >= 0.3 is 0 Å². The topological polar surface area (TPSA) is 86.6 Å². The Morgan fingerprint density at radius 2 is 2.14 bits per heavy atom. The van der Waals surface area contributed by atoms with Gasteiger partial charge in [-0.05, 0) is 38.5 Å². The number of thioether (sulfide) groups is 1. The molecule has 2 heterocycles. The molecule has 0 amide bonds. The van der Waals surface area contributed by atoms with Gasteiger partial charge in [0.2, 0.25) is 0 Å². The SMILES string of the molecule is CC(=O)c1c(C)[nH]c(C(=O)CSc2ncccc2C#N)c1C. The molecule has 2 aromatic rings. The molecule has 6 heteroatoms. The molecule has 0 radical (unpaired) electrons. The number of H-pyrrole nitrogens is 1. The number of aryl methyl sites for hydroxylation is 1. The van der Waals surface area contributed by atoms with E-state index in [4.69, 9.17) is 5.26 Å². The molecule has 0 aromatic carbocycles. The van der Waals surface area contributed by atoms with Gasteiger partial charge in [0.25, 0.3) is 0 Å². The van der Waals surface area contributed by atoms with Crippen molar-refractivity contribution in [2.75, 3.05) is 5.75 Å². The fourth-order valence-corrected chi connectivity index (χ4v) is 3.17. The monoisotopic (exact) mass is 313 g/mol. The highest BCUT2D eigenvalue weighted by Gasteiger charge is 2.20. The van der Waals surface area contributed by atoms with Gasteiger partial charge in [0.15, 0.2) is 11.6 Å². The van der Waals surface area contributed by atoms with E-state index in [1.165, 1.54) is 18.7 Å². The second-order valence-corrected chi connectivity index (χ2v) is 5.83. The maximum atomic E-state index is 12.4. The molecule has 1 N–H and O–H groups in total. The second kappa shape index (κ2) is 6.58. The van der Waals surface area contributed by atoms with Crippen LogP contribution in [0.5, 0.6) is 0 Å². The lowest BCUT2D eigenvalue weighted by Crippen LogP contribution is -2.06. The fourth-order valence-electron chi connectivity index (χ4n) is 2.35. The van der Waals surface area contributed by atoms with Gasteiger partial charge in [0.05, 0.1) is 17.0 Å². The van der Waals surface area contributed by atoms with Gasteiger partial charge < -0.3 is 4.98 Å². The Hall–Kier alpha value is -2.39. The molecule has 5 nitrogen and oxygen atoms in total. The Morgan fingerprint density at radius 1 is 1.41 bits per heavy atom. The highest BCUT2D eigenvalue weighted by Crippen LogP contribution is 2.23. The summed E-state index contributed by atoms with van der Waals surface area (Å²) in [7, 11) is 0. The molecule has 0 spiro atoms. The van der Waals surface area contributed by atoms with E-state index in [0.29, 0.717) is 33.1 Å². The van der Waals surface area contributed by atoms with E-state index >= 15 is 0 Å². The second-order valence-electron chi connectivity index (χ2n) is 4.86. The number of rotatable bonds is 5. The zero-order valence-corrected chi connectivity index (χ0v) is 13.4. The van der Waals surface area contributed by atoms with Crippen molar-refractivity contribution >= 4 is 23.3 Å². The van der Waals surface area contributed by atoms with Crippen molar-refractivity contribution in [1.29, 1.82) is 5.26 Å². The first-order valence-corrected chi connectivity index (χ1v) is 7.65. The summed E-state index contributed by atoms with van der Waals surface area (Å²) in [5.74, 6) is -0.0220. The van der Waals surface area contributed by atoms with E-state index in [0.717, 1.165) is 0 Å². The third-order valence-corrected chi connectivity index (χ3v) is 4.31. The van der Waals surface area contributed by atoms with Crippen LogP contribution in [0.3, 0.4) is 0 Å². The Labute approximate surface area is 132 Å². The molecule has 0 aliphatic rings. The number of hydrogen-bond acceptors (Lipinski definition) is 5. The highest BCUT2D eigenvalue weighted by atomic mass is 32.2. The molecule has 0 atom stereocenters. The Kier molecular flexibility index (Phi) is 4.78. The van der Waals surface area contributed by atoms with Gasteiger partial charge in [-0.1, -0.05) is 11.8 Å². The summed E-state index contributed by atoms with van der Waals surface area (Å²) in [6, 6.07) is 5.40. The van der Waals surface area contributed by atoms with Gasteiger partial charge in [-0.3, -0.25) is 9.59 Å². The normalized spacial score (nSPS) is 10.3. The van der Waals surface area contributed by atoms with Crippen LogP contribution in [0.2, 0.25) is 0 Å². The number of carbonyl (C=O) groups is 2. The minimum atomic E-state index is -0.118. The molecule has 0 unspecified atom stereocenters. The van der Waals surface area contributed by atoms with Crippen LogP contribution >= 0.6 is 11.8 Å². The third kappa shape index (κ3) is 3.10. The largest absolute Gasteiger partial charge is 0.355 e. The summed E-state index contributed by atoms with van der Waals surface area (Å²) in [5.41, 5.74) is 2.85. The first-order valence-electron chi connectivity index (χ1n) is 6.67. The summed E-state index contributed by atoms with van der Waals surface area (Å²) in [4.78, 5) is 31.1. The first-order chi connectivity index (χ1) is 10.5.